The van der Waals surface area contributed by atoms with Crippen LogP contribution in [-0.4, -0.2) is 16.8 Å². The molecule has 0 fully saturated rings. The Bertz CT molecular complexity index is 350. The zero-order valence-corrected chi connectivity index (χ0v) is 7.93. The van der Waals surface area contributed by atoms with Gasteiger partial charge in [0, 0.05) is 5.56 Å². The molecule has 13 heavy (non-hydrogen) atoms. The summed E-state index contributed by atoms with van der Waals surface area (Å²) in [7, 11) is 0. The second-order valence-corrected chi connectivity index (χ2v) is 3.07. The van der Waals surface area contributed by atoms with Crippen LogP contribution >= 0.6 is 11.6 Å². The summed E-state index contributed by atoms with van der Waals surface area (Å²) in [5.74, 6) is -0.487. The first kappa shape index (κ1) is 9.86. The van der Waals surface area contributed by atoms with Gasteiger partial charge in [-0.25, -0.2) is 0 Å². The van der Waals surface area contributed by atoms with Crippen molar-refractivity contribution in [2.24, 2.45) is 0 Å². The van der Waals surface area contributed by atoms with Crippen LogP contribution in [0.15, 0.2) is 12.1 Å². The molecule has 3 nitrogen and oxygen atoms in total. The molecule has 1 aromatic rings. The van der Waals surface area contributed by atoms with Gasteiger partial charge < -0.3 is 10.8 Å². The average molecular weight is 200 g/mol. The van der Waals surface area contributed by atoms with Gasteiger partial charge in [-0.3, -0.25) is 4.79 Å². The largest absolute Gasteiger partial charge is 0.506 e. The highest BCUT2D eigenvalue weighted by Gasteiger charge is 2.11. The second kappa shape index (κ2) is 3.66. The molecule has 3 N–H and O–H groups in total. The van der Waals surface area contributed by atoms with E-state index in [4.69, 9.17) is 17.3 Å². The van der Waals surface area contributed by atoms with Crippen molar-refractivity contribution in [1.82, 2.24) is 0 Å². The van der Waals surface area contributed by atoms with Gasteiger partial charge in [-0.05, 0) is 24.6 Å². The third-order valence-corrected chi connectivity index (χ3v) is 1.97. The fourth-order valence-corrected chi connectivity index (χ4v) is 1.23. The summed E-state index contributed by atoms with van der Waals surface area (Å²) in [5, 5.41) is 9.31. The maximum Gasteiger partial charge on any atom is 0.179 e. The molecule has 0 radical (unpaired) electrons. The lowest BCUT2D eigenvalue weighted by Crippen LogP contribution is -2.05. The standard InChI is InChI=1S/C9H10ClNO2/c1-5-2-6(8(13)4-10)9(11)7(12)3-5/h2-3,12H,4,11H2,1H3. The zero-order valence-electron chi connectivity index (χ0n) is 7.17. The molecule has 0 unspecified atom stereocenters. The average Bonchev–Trinajstić information content (AvgIpc) is 2.10. The fourth-order valence-electron chi connectivity index (χ4n) is 1.08. The number of nitrogens with two attached hydrogens (primary N) is 1. The highest BCUT2D eigenvalue weighted by molar-refractivity contribution is 6.31. The maximum absolute atomic E-state index is 11.2. The second-order valence-electron chi connectivity index (χ2n) is 2.80. The molecule has 0 atom stereocenters. The van der Waals surface area contributed by atoms with Gasteiger partial charge in [0.15, 0.2) is 5.78 Å². The molecule has 0 bridgehead atoms. The van der Waals surface area contributed by atoms with E-state index in [1.54, 1.807) is 13.0 Å². The Kier molecular flexibility index (Phi) is 2.78. The van der Waals surface area contributed by atoms with Crippen molar-refractivity contribution in [2.45, 2.75) is 6.92 Å². The first-order valence-corrected chi connectivity index (χ1v) is 4.28. The van der Waals surface area contributed by atoms with E-state index in [1.807, 2.05) is 0 Å². The van der Waals surface area contributed by atoms with Crippen molar-refractivity contribution >= 4 is 23.1 Å². The Labute approximate surface area is 81.1 Å². The van der Waals surface area contributed by atoms with Crippen LogP contribution in [-0.2, 0) is 0 Å². The number of ketones is 1. The Hall–Kier alpha value is -1.22. The van der Waals surface area contributed by atoms with Crippen molar-refractivity contribution in [3.63, 3.8) is 0 Å². The first-order chi connectivity index (χ1) is 6.06. The summed E-state index contributed by atoms with van der Waals surface area (Å²) in [4.78, 5) is 11.2. The van der Waals surface area contributed by atoms with Crippen LogP contribution in [0.3, 0.4) is 0 Å². The van der Waals surface area contributed by atoms with Crippen molar-refractivity contribution < 1.29 is 9.90 Å². The predicted molar refractivity (Wildman–Crippen MR) is 52.3 cm³/mol. The van der Waals surface area contributed by atoms with Crippen molar-refractivity contribution in [3.05, 3.63) is 23.3 Å². The van der Waals surface area contributed by atoms with Crippen LogP contribution in [0.25, 0.3) is 0 Å². The van der Waals surface area contributed by atoms with E-state index < -0.39 is 0 Å². The number of halogens is 1. The number of carbonyl (C=O) groups is 1. The van der Waals surface area contributed by atoms with Gasteiger partial charge in [0.05, 0.1) is 11.6 Å². The van der Waals surface area contributed by atoms with Gasteiger partial charge in [0.1, 0.15) is 5.75 Å². The van der Waals surface area contributed by atoms with Crippen molar-refractivity contribution in [2.75, 3.05) is 11.6 Å². The summed E-state index contributed by atoms with van der Waals surface area (Å²) < 4.78 is 0. The Morgan fingerprint density at radius 1 is 1.62 bits per heavy atom. The number of phenolic OH excluding ortho intramolecular Hbond substituents is 1. The third-order valence-electron chi connectivity index (χ3n) is 1.72. The van der Waals surface area contributed by atoms with Crippen LogP contribution in [0.1, 0.15) is 15.9 Å². The number of hydrogen-bond acceptors (Lipinski definition) is 3. The van der Waals surface area contributed by atoms with E-state index in [-0.39, 0.29) is 28.7 Å². The number of rotatable bonds is 2. The molecule has 0 saturated carbocycles. The Morgan fingerprint density at radius 2 is 2.23 bits per heavy atom. The van der Waals surface area contributed by atoms with E-state index >= 15 is 0 Å². The molecule has 0 aliphatic rings. The smallest absolute Gasteiger partial charge is 0.179 e. The van der Waals surface area contributed by atoms with E-state index in [9.17, 15) is 9.90 Å². The molecule has 0 aliphatic carbocycles. The monoisotopic (exact) mass is 199 g/mol. The van der Waals surface area contributed by atoms with Crippen molar-refractivity contribution in [3.8, 4) is 5.75 Å². The molecular formula is C9H10ClNO2. The normalized spacial score (nSPS) is 10.0. The van der Waals surface area contributed by atoms with Gasteiger partial charge in [0.2, 0.25) is 0 Å². The molecule has 1 rings (SSSR count). The van der Waals surface area contributed by atoms with Crippen LogP contribution in [0.5, 0.6) is 5.75 Å². The summed E-state index contributed by atoms with van der Waals surface area (Å²) in [6, 6.07) is 3.11. The molecule has 0 aliphatic heterocycles. The summed E-state index contributed by atoms with van der Waals surface area (Å²) in [6.45, 7) is 1.77. The number of phenols is 1. The SMILES string of the molecule is Cc1cc(O)c(N)c(C(=O)CCl)c1. The van der Waals surface area contributed by atoms with Gasteiger partial charge in [-0.2, -0.15) is 0 Å². The zero-order chi connectivity index (χ0) is 10.0. The van der Waals surface area contributed by atoms with Gasteiger partial charge in [-0.15, -0.1) is 11.6 Å². The number of aryl methyl sites for hydroxylation is 1. The molecule has 0 aromatic heterocycles. The number of carbonyl (C=O) groups excluding carboxylic acids is 1. The number of anilines is 1. The van der Waals surface area contributed by atoms with Crippen LogP contribution in [0, 0.1) is 6.92 Å². The minimum atomic E-state index is -0.279. The van der Waals surface area contributed by atoms with E-state index in [1.165, 1.54) is 6.07 Å². The summed E-state index contributed by atoms with van der Waals surface area (Å²) in [5.41, 5.74) is 6.65. The molecule has 4 heteroatoms. The van der Waals surface area contributed by atoms with E-state index in [0.717, 1.165) is 5.56 Å². The number of hydrogen-bond donors (Lipinski definition) is 2. The number of aromatic hydroxyl groups is 1. The number of alkyl halides is 1. The Balaban J connectivity index is 3.28. The first-order valence-electron chi connectivity index (χ1n) is 3.74. The molecule has 0 saturated heterocycles. The fraction of sp³-hybridized carbons (Fsp3) is 0.222. The molecule has 70 valence electrons. The number of Topliss-reactive ketones (excluding diaryl/α,β-unsaturated/α-hetero) is 1. The molecule has 0 heterocycles. The summed E-state index contributed by atoms with van der Waals surface area (Å²) >= 11 is 5.38. The lowest BCUT2D eigenvalue weighted by atomic mass is 10.1. The quantitative estimate of drug-likeness (QED) is 0.330. The van der Waals surface area contributed by atoms with E-state index in [0.29, 0.717) is 0 Å². The highest BCUT2D eigenvalue weighted by atomic mass is 35.5. The molecule has 0 amide bonds. The predicted octanol–water partition coefficient (Wildman–Crippen LogP) is 1.70. The topological polar surface area (TPSA) is 63.3 Å². The van der Waals surface area contributed by atoms with Gasteiger partial charge >= 0.3 is 0 Å². The van der Waals surface area contributed by atoms with Crippen molar-refractivity contribution in [1.29, 1.82) is 0 Å². The van der Waals surface area contributed by atoms with E-state index in [2.05, 4.69) is 0 Å². The minimum Gasteiger partial charge on any atom is -0.506 e. The molecular weight excluding hydrogens is 190 g/mol. The lowest BCUT2D eigenvalue weighted by molar-refractivity contribution is 0.102. The minimum absolute atomic E-state index is 0.0755. The van der Waals surface area contributed by atoms with Gasteiger partial charge in [-0.1, -0.05) is 0 Å². The number of nitrogen functional groups attached to an aromatic ring is 1. The lowest BCUT2D eigenvalue weighted by Gasteiger charge is -2.06. The Morgan fingerprint density at radius 3 is 2.77 bits per heavy atom. The summed E-state index contributed by atoms with van der Waals surface area (Å²) in [6.07, 6.45) is 0. The van der Waals surface area contributed by atoms with Crippen LogP contribution in [0.4, 0.5) is 5.69 Å². The maximum atomic E-state index is 11.2. The third kappa shape index (κ3) is 1.92. The van der Waals surface area contributed by atoms with Crippen LogP contribution in [0.2, 0.25) is 0 Å². The van der Waals surface area contributed by atoms with Crippen LogP contribution < -0.4 is 5.73 Å². The van der Waals surface area contributed by atoms with Gasteiger partial charge in [0.25, 0.3) is 0 Å². The molecule has 0 spiro atoms. The number of benzene rings is 1. The molecule has 1 aromatic carbocycles. The highest BCUT2D eigenvalue weighted by Crippen LogP contribution is 2.26.